The van der Waals surface area contributed by atoms with Crippen LogP contribution in [0, 0.1) is 31.6 Å². The first kappa shape index (κ1) is 24.8. The van der Waals surface area contributed by atoms with Crippen LogP contribution in [0.25, 0.3) is 0 Å². The molecule has 0 spiro atoms. The van der Waals surface area contributed by atoms with Crippen LogP contribution in [-0.4, -0.2) is 5.54 Å². The Morgan fingerprint density at radius 1 is 0.909 bits per heavy atom. The smallest absolute Gasteiger partial charge is 0.0577 e. The Kier molecular flexibility index (Phi) is 18.5. The maximum atomic E-state index is 4.13. The first-order chi connectivity index (χ1) is 10.3. The Bertz CT molecular complexity index is 209. The third-order valence-electron chi connectivity index (χ3n) is 3.59. The summed E-state index contributed by atoms with van der Waals surface area (Å²) < 4.78 is 4.13. The molecular weight excluding hydrogens is 435 g/mol. The zero-order chi connectivity index (χ0) is 17.4. The van der Waals surface area contributed by atoms with Crippen molar-refractivity contribution in [3.05, 3.63) is 19.8 Å². The number of nitrogens with zero attached hydrogens (tertiary/aromatic N) is 1. The third kappa shape index (κ3) is 20.5. The van der Waals surface area contributed by atoms with Crippen molar-refractivity contribution in [2.75, 3.05) is 0 Å². The molecule has 2 rings (SSSR count). The van der Waals surface area contributed by atoms with Gasteiger partial charge in [0.05, 0.1) is 0 Å². The molecule has 2 atom stereocenters. The fraction of sp³-hybridized carbons (Fsp3) is 0.850. The first-order valence-electron chi connectivity index (χ1n) is 9.09. The Morgan fingerprint density at radius 3 is 1.45 bits per heavy atom. The van der Waals surface area contributed by atoms with Crippen molar-refractivity contribution in [1.82, 2.24) is 0 Å². The van der Waals surface area contributed by atoms with E-state index in [9.17, 15) is 0 Å². The Balaban J connectivity index is 0. The molecule has 2 aliphatic rings. The van der Waals surface area contributed by atoms with Gasteiger partial charge in [-0.05, 0) is 0 Å². The molecule has 0 heterocycles. The summed E-state index contributed by atoms with van der Waals surface area (Å²) in [6.45, 7) is 15.9. The van der Waals surface area contributed by atoms with Crippen molar-refractivity contribution in [1.29, 1.82) is 0 Å². The molecular formula is C20H40NTa-3. The standard InChI is InChI=1S/C8H15.C6H11.C4H9N.C2H5.Ta/c1-7-4-3-5-8(2)6-7;1-2-4-6-5-3-1;1-4(2,3)5;1-2;/h6-8H,3-5H2,1-2H3;1H,2-6H2;1-3H3;1H2,2H3;/q2*-1;;-1;. The molecule has 1 nitrogen and oxygen atoms in total. The van der Waals surface area contributed by atoms with E-state index in [0.29, 0.717) is 0 Å². The molecule has 2 unspecified atom stereocenters. The molecule has 133 valence electrons. The zero-order valence-electron chi connectivity index (χ0n) is 16.1. The van der Waals surface area contributed by atoms with Crippen molar-refractivity contribution in [3.8, 4) is 0 Å². The maximum absolute atomic E-state index is 4.13. The topological polar surface area (TPSA) is 12.4 Å². The predicted octanol–water partition coefficient (Wildman–Crippen LogP) is 7.16. The van der Waals surface area contributed by atoms with Gasteiger partial charge in [0.25, 0.3) is 0 Å². The van der Waals surface area contributed by atoms with Gasteiger partial charge in [-0.2, -0.15) is 31.6 Å². The second kappa shape index (κ2) is 16.4. The fourth-order valence-electron chi connectivity index (χ4n) is 2.41. The van der Waals surface area contributed by atoms with E-state index in [4.69, 9.17) is 0 Å². The summed E-state index contributed by atoms with van der Waals surface area (Å²) in [5.41, 5.74) is 0.216. The largest absolute Gasteiger partial charge is 0.346 e. The van der Waals surface area contributed by atoms with Gasteiger partial charge in [-0.1, -0.05) is 52.4 Å². The molecule has 22 heavy (non-hydrogen) atoms. The van der Waals surface area contributed by atoms with Crippen LogP contribution in [0.3, 0.4) is 0 Å². The van der Waals surface area contributed by atoms with Crippen LogP contribution in [0.4, 0.5) is 0 Å². The zero-order valence-corrected chi connectivity index (χ0v) is 19.3. The fourth-order valence-corrected chi connectivity index (χ4v) is 2.41. The number of hydrogen-bond donors (Lipinski definition) is 0. The van der Waals surface area contributed by atoms with Crippen molar-refractivity contribution in [3.63, 3.8) is 0 Å². The molecule has 0 aromatic carbocycles. The molecule has 2 heteroatoms. The minimum atomic E-state index is 0.216. The first-order valence-corrected chi connectivity index (χ1v) is 10.5. The quantitative estimate of drug-likeness (QED) is 0.330. The summed E-state index contributed by atoms with van der Waals surface area (Å²) >= 11 is 1.15. The van der Waals surface area contributed by atoms with Crippen LogP contribution in [-0.2, 0) is 20.9 Å². The molecule has 2 saturated carbocycles. The van der Waals surface area contributed by atoms with Gasteiger partial charge in [0.15, 0.2) is 0 Å². The molecule has 0 radical (unpaired) electrons. The monoisotopic (exact) mass is 475 g/mol. The SMILES string of the molecule is CC(C)(C)[N]=[Ta].CC1[CH-]C(C)CCC1.[CH-]1CCCCC1.[CH2-]C. The van der Waals surface area contributed by atoms with Crippen molar-refractivity contribution in [2.24, 2.45) is 15.2 Å². The van der Waals surface area contributed by atoms with Crippen LogP contribution >= 0.6 is 0 Å². The minimum absolute atomic E-state index is 0.216. The molecule has 0 aromatic heterocycles. The van der Waals surface area contributed by atoms with Gasteiger partial charge in [0.1, 0.15) is 0 Å². The van der Waals surface area contributed by atoms with E-state index < -0.39 is 0 Å². The number of rotatable bonds is 0. The molecule has 2 aliphatic carbocycles. The van der Waals surface area contributed by atoms with Gasteiger partial charge >= 0.3 is 50.5 Å². The summed E-state index contributed by atoms with van der Waals surface area (Å²) in [5, 5.41) is 0. The molecule has 2 fully saturated rings. The van der Waals surface area contributed by atoms with Gasteiger partial charge in [-0.3, -0.25) is 0 Å². The van der Waals surface area contributed by atoms with Crippen LogP contribution in [0.2, 0.25) is 0 Å². The van der Waals surface area contributed by atoms with E-state index in [-0.39, 0.29) is 5.54 Å². The van der Waals surface area contributed by atoms with E-state index in [1.54, 1.807) is 6.92 Å². The molecule has 0 aromatic rings. The van der Waals surface area contributed by atoms with E-state index in [1.165, 1.54) is 51.4 Å². The van der Waals surface area contributed by atoms with Crippen molar-refractivity contribution in [2.45, 2.75) is 98.4 Å². The average molecular weight is 475 g/mol. The Hall–Kier alpha value is 0.540. The second-order valence-corrected chi connectivity index (χ2v) is 7.99. The van der Waals surface area contributed by atoms with E-state index in [2.05, 4.69) is 57.7 Å². The van der Waals surface area contributed by atoms with Gasteiger partial charge in [0.2, 0.25) is 0 Å². The Morgan fingerprint density at radius 2 is 1.32 bits per heavy atom. The van der Waals surface area contributed by atoms with Crippen molar-refractivity contribution < 1.29 is 20.9 Å². The van der Waals surface area contributed by atoms with Gasteiger partial charge < -0.3 is 19.8 Å². The van der Waals surface area contributed by atoms with Crippen LogP contribution < -0.4 is 0 Å². The summed E-state index contributed by atoms with van der Waals surface area (Å²) in [4.78, 5) is 0. The minimum Gasteiger partial charge on any atom is -0.346 e. The summed E-state index contributed by atoms with van der Waals surface area (Å²) in [5.74, 6) is 1.78. The van der Waals surface area contributed by atoms with E-state index in [1.807, 2.05) is 0 Å². The van der Waals surface area contributed by atoms with E-state index in [0.717, 1.165) is 32.7 Å². The van der Waals surface area contributed by atoms with Crippen LogP contribution in [0.5, 0.6) is 0 Å². The summed E-state index contributed by atoms with van der Waals surface area (Å²) in [6.07, 6.45) is 16.3. The Labute approximate surface area is 154 Å². The average Bonchev–Trinajstić information content (AvgIpc) is 2.51. The molecule has 0 saturated heterocycles. The molecule has 0 N–H and O–H groups in total. The number of hydrogen-bond acceptors (Lipinski definition) is 1. The molecule has 0 amide bonds. The van der Waals surface area contributed by atoms with Gasteiger partial charge in [-0.25, -0.2) is 0 Å². The third-order valence-corrected chi connectivity index (χ3v) is 5.75. The van der Waals surface area contributed by atoms with E-state index >= 15 is 0 Å². The summed E-state index contributed by atoms with van der Waals surface area (Å²) in [7, 11) is 0. The molecule has 0 bridgehead atoms. The van der Waals surface area contributed by atoms with Crippen molar-refractivity contribution >= 4 is 0 Å². The molecule has 0 aliphatic heterocycles. The van der Waals surface area contributed by atoms with Gasteiger partial charge in [-0.15, -0.1) is 0 Å². The van der Waals surface area contributed by atoms with Gasteiger partial charge in [0, 0.05) is 0 Å². The maximum Gasteiger partial charge on any atom is -0.0577 e. The normalized spacial score (nSPS) is 24.3. The summed E-state index contributed by atoms with van der Waals surface area (Å²) in [6, 6.07) is 0. The van der Waals surface area contributed by atoms with Crippen LogP contribution in [0.15, 0.2) is 3.34 Å². The van der Waals surface area contributed by atoms with Crippen LogP contribution in [0.1, 0.15) is 92.9 Å². The second-order valence-electron chi connectivity index (χ2n) is 7.28. The predicted molar refractivity (Wildman–Crippen MR) is 97.1 cm³/mol.